The molecule has 4 atom stereocenters. The molecule has 6 rings (SSSR count). The van der Waals surface area contributed by atoms with Crippen LogP contribution in [0, 0.1) is 5.92 Å². The third-order valence-electron chi connectivity index (χ3n) is 7.15. The van der Waals surface area contributed by atoms with Gasteiger partial charge in [-0.15, -0.1) is 0 Å². The zero-order valence-electron chi connectivity index (χ0n) is 15.8. The summed E-state index contributed by atoms with van der Waals surface area (Å²) in [6.07, 6.45) is 7.82. The number of benzene rings is 2. The van der Waals surface area contributed by atoms with Crippen molar-refractivity contribution in [2.75, 3.05) is 13.1 Å². The highest BCUT2D eigenvalue weighted by molar-refractivity contribution is 5.43. The van der Waals surface area contributed by atoms with E-state index in [1.54, 1.807) is 0 Å². The molecule has 0 aromatic heterocycles. The van der Waals surface area contributed by atoms with Gasteiger partial charge in [-0.05, 0) is 67.5 Å². The first kappa shape index (κ1) is 16.0. The van der Waals surface area contributed by atoms with Crippen LogP contribution in [0.15, 0.2) is 42.5 Å². The van der Waals surface area contributed by atoms with Gasteiger partial charge in [0.25, 0.3) is 0 Å². The van der Waals surface area contributed by atoms with Crippen LogP contribution in [0.25, 0.3) is 0 Å². The SMILES string of the molecule is c1ccc2c(c1)CCC(c1ccc3c(c1)OC(C1CC4CCCN4C1)C3)O2. The first-order valence-electron chi connectivity index (χ1n) is 10.6. The summed E-state index contributed by atoms with van der Waals surface area (Å²) in [7, 11) is 0. The largest absolute Gasteiger partial charge is 0.489 e. The topological polar surface area (TPSA) is 21.7 Å². The molecule has 2 saturated heterocycles. The molecule has 0 spiro atoms. The van der Waals surface area contributed by atoms with E-state index in [4.69, 9.17) is 9.47 Å². The highest BCUT2D eigenvalue weighted by Gasteiger charge is 2.41. The van der Waals surface area contributed by atoms with E-state index in [2.05, 4.69) is 47.4 Å². The Morgan fingerprint density at radius 3 is 2.85 bits per heavy atom. The van der Waals surface area contributed by atoms with Crippen molar-refractivity contribution in [3.05, 3.63) is 59.2 Å². The van der Waals surface area contributed by atoms with Gasteiger partial charge in [-0.1, -0.05) is 30.3 Å². The Hall–Kier alpha value is -2.00. The van der Waals surface area contributed by atoms with Crippen molar-refractivity contribution in [2.45, 2.75) is 56.8 Å². The highest BCUT2D eigenvalue weighted by Crippen LogP contribution is 2.41. The molecule has 3 heteroatoms. The monoisotopic (exact) mass is 361 g/mol. The summed E-state index contributed by atoms with van der Waals surface area (Å²) in [5, 5.41) is 0. The number of ether oxygens (including phenoxy) is 2. The van der Waals surface area contributed by atoms with Gasteiger partial charge in [0.05, 0.1) is 0 Å². The lowest BCUT2D eigenvalue weighted by Crippen LogP contribution is -2.28. The van der Waals surface area contributed by atoms with E-state index in [1.807, 2.05) is 0 Å². The van der Waals surface area contributed by atoms with Gasteiger partial charge >= 0.3 is 0 Å². The molecule has 140 valence electrons. The van der Waals surface area contributed by atoms with Crippen molar-refractivity contribution >= 4 is 0 Å². The molecule has 4 heterocycles. The van der Waals surface area contributed by atoms with Gasteiger partial charge in [0.15, 0.2) is 0 Å². The smallest absolute Gasteiger partial charge is 0.124 e. The molecule has 0 N–H and O–H groups in total. The molecule has 2 fully saturated rings. The van der Waals surface area contributed by atoms with Crippen molar-refractivity contribution in [1.29, 1.82) is 0 Å². The van der Waals surface area contributed by atoms with Crippen molar-refractivity contribution in [3.63, 3.8) is 0 Å². The van der Waals surface area contributed by atoms with Crippen LogP contribution >= 0.6 is 0 Å². The van der Waals surface area contributed by atoms with E-state index < -0.39 is 0 Å². The predicted octanol–water partition coefficient (Wildman–Crippen LogP) is 4.54. The average Bonchev–Trinajstić information content (AvgIpc) is 3.40. The maximum atomic E-state index is 6.47. The van der Waals surface area contributed by atoms with Crippen LogP contribution in [0.1, 0.15) is 48.5 Å². The molecule has 0 radical (unpaired) electrons. The van der Waals surface area contributed by atoms with Gasteiger partial charge in [-0.3, -0.25) is 4.90 Å². The Bertz CT molecular complexity index is 851. The van der Waals surface area contributed by atoms with Gasteiger partial charge in [0.1, 0.15) is 23.7 Å². The molecule has 0 aliphatic carbocycles. The number of fused-ring (bicyclic) bond motifs is 3. The Kier molecular flexibility index (Phi) is 3.72. The zero-order valence-corrected chi connectivity index (χ0v) is 15.8. The van der Waals surface area contributed by atoms with E-state index in [1.165, 1.54) is 49.0 Å². The minimum Gasteiger partial charge on any atom is -0.489 e. The van der Waals surface area contributed by atoms with E-state index in [9.17, 15) is 0 Å². The summed E-state index contributed by atoms with van der Waals surface area (Å²) in [6.45, 7) is 2.53. The summed E-state index contributed by atoms with van der Waals surface area (Å²) >= 11 is 0. The fourth-order valence-corrected chi connectivity index (χ4v) is 5.69. The summed E-state index contributed by atoms with van der Waals surface area (Å²) in [4.78, 5) is 2.69. The molecule has 4 aliphatic heterocycles. The zero-order chi connectivity index (χ0) is 17.8. The summed E-state index contributed by atoms with van der Waals surface area (Å²) in [6, 6.07) is 16.0. The minimum absolute atomic E-state index is 0.143. The van der Waals surface area contributed by atoms with Crippen LogP contribution in [0.2, 0.25) is 0 Å². The Morgan fingerprint density at radius 2 is 1.89 bits per heavy atom. The van der Waals surface area contributed by atoms with Gasteiger partial charge in [0, 0.05) is 24.9 Å². The second kappa shape index (κ2) is 6.27. The molecule has 27 heavy (non-hydrogen) atoms. The van der Waals surface area contributed by atoms with Crippen molar-refractivity contribution in [1.82, 2.24) is 4.90 Å². The van der Waals surface area contributed by atoms with Gasteiger partial charge in [-0.25, -0.2) is 0 Å². The fourth-order valence-electron chi connectivity index (χ4n) is 5.69. The molecule has 0 saturated carbocycles. The first-order chi connectivity index (χ1) is 13.3. The number of para-hydroxylation sites is 1. The van der Waals surface area contributed by atoms with Crippen LogP contribution in [-0.2, 0) is 12.8 Å². The van der Waals surface area contributed by atoms with Gasteiger partial charge < -0.3 is 9.47 Å². The molecule has 4 unspecified atom stereocenters. The van der Waals surface area contributed by atoms with Crippen molar-refractivity contribution in [2.24, 2.45) is 5.92 Å². The lowest BCUT2D eigenvalue weighted by Gasteiger charge is -2.26. The van der Waals surface area contributed by atoms with Crippen LogP contribution in [-0.4, -0.2) is 30.1 Å². The van der Waals surface area contributed by atoms with Crippen LogP contribution < -0.4 is 9.47 Å². The summed E-state index contributed by atoms with van der Waals surface area (Å²) in [5.41, 5.74) is 3.97. The highest BCUT2D eigenvalue weighted by atomic mass is 16.5. The Morgan fingerprint density at radius 1 is 0.926 bits per heavy atom. The number of aryl methyl sites for hydroxylation is 1. The molecule has 0 amide bonds. The number of hydrogen-bond acceptors (Lipinski definition) is 3. The molecule has 2 aromatic carbocycles. The van der Waals surface area contributed by atoms with Crippen LogP contribution in [0.5, 0.6) is 11.5 Å². The first-order valence-corrected chi connectivity index (χ1v) is 10.6. The molecule has 3 nitrogen and oxygen atoms in total. The molecular formula is C24H27NO2. The number of hydrogen-bond donors (Lipinski definition) is 0. The van der Waals surface area contributed by atoms with Gasteiger partial charge in [0.2, 0.25) is 0 Å². The lowest BCUT2D eigenvalue weighted by molar-refractivity contribution is 0.157. The lowest BCUT2D eigenvalue weighted by atomic mass is 9.93. The standard InChI is InChI=1S/C24H27NO2/c1-2-6-21-16(4-1)9-10-22(26-21)17-7-8-18-14-24(27-23(18)13-17)19-12-20-5-3-11-25(20)15-19/h1-2,4,6-8,13,19-20,22,24H,3,5,9-12,14-15H2. The fraction of sp³-hybridized carbons (Fsp3) is 0.500. The van der Waals surface area contributed by atoms with E-state index in [-0.39, 0.29) is 6.10 Å². The summed E-state index contributed by atoms with van der Waals surface area (Å²) in [5.74, 6) is 2.84. The maximum Gasteiger partial charge on any atom is 0.124 e. The van der Waals surface area contributed by atoms with E-state index >= 15 is 0 Å². The molecule has 2 aromatic rings. The maximum absolute atomic E-state index is 6.47. The number of rotatable bonds is 2. The normalized spacial score (nSPS) is 31.7. The Labute approximate surface area is 161 Å². The third-order valence-corrected chi connectivity index (χ3v) is 7.15. The Balaban J connectivity index is 1.18. The molecule has 4 aliphatic rings. The number of nitrogens with zero attached hydrogens (tertiary/aromatic N) is 1. The third kappa shape index (κ3) is 2.75. The molecule has 0 bridgehead atoms. The minimum atomic E-state index is 0.143. The van der Waals surface area contributed by atoms with Gasteiger partial charge in [-0.2, -0.15) is 0 Å². The van der Waals surface area contributed by atoms with E-state index in [0.717, 1.165) is 36.8 Å². The average molecular weight is 361 g/mol. The van der Waals surface area contributed by atoms with Crippen LogP contribution in [0.3, 0.4) is 0 Å². The molecular weight excluding hydrogens is 334 g/mol. The van der Waals surface area contributed by atoms with Crippen molar-refractivity contribution < 1.29 is 9.47 Å². The van der Waals surface area contributed by atoms with E-state index in [0.29, 0.717) is 12.0 Å². The quantitative estimate of drug-likeness (QED) is 0.784. The second-order valence-electron chi connectivity index (χ2n) is 8.77. The summed E-state index contributed by atoms with van der Waals surface area (Å²) < 4.78 is 12.8. The van der Waals surface area contributed by atoms with Crippen molar-refractivity contribution in [3.8, 4) is 11.5 Å². The van der Waals surface area contributed by atoms with Crippen LogP contribution in [0.4, 0.5) is 0 Å². The second-order valence-corrected chi connectivity index (χ2v) is 8.77. The predicted molar refractivity (Wildman–Crippen MR) is 105 cm³/mol.